The van der Waals surface area contributed by atoms with Crippen LogP contribution in [0.1, 0.15) is 22.2 Å². The van der Waals surface area contributed by atoms with E-state index >= 15 is 0 Å². The Morgan fingerprint density at radius 3 is 2.46 bits per heavy atom. The van der Waals surface area contributed by atoms with Gasteiger partial charge in [-0.15, -0.1) is 0 Å². The standard InChI is InChI=1S/C18H19N3O3/c1-23-15-6-4-14(5-7-15)16(13-19)20-8-10-21(11-9-20)18(22)17-3-2-12-24-17/h2-7,12,16H,8-11H2,1H3. The number of carbonyl (C=O) groups excluding carboxylic acids is 1. The van der Waals surface area contributed by atoms with Gasteiger partial charge in [0.25, 0.3) is 5.91 Å². The minimum Gasteiger partial charge on any atom is -0.497 e. The number of methoxy groups -OCH3 is 1. The fourth-order valence-electron chi connectivity index (χ4n) is 2.89. The van der Waals surface area contributed by atoms with Gasteiger partial charge in [0.2, 0.25) is 0 Å². The van der Waals surface area contributed by atoms with Crippen LogP contribution < -0.4 is 4.74 Å². The Bertz CT molecular complexity index is 711. The van der Waals surface area contributed by atoms with E-state index in [0.29, 0.717) is 31.9 Å². The van der Waals surface area contributed by atoms with Gasteiger partial charge in [0.1, 0.15) is 11.8 Å². The molecule has 0 spiro atoms. The lowest BCUT2D eigenvalue weighted by Crippen LogP contribution is -2.49. The Kier molecular flexibility index (Phi) is 4.82. The highest BCUT2D eigenvalue weighted by atomic mass is 16.5. The number of ether oxygens (including phenoxy) is 1. The van der Waals surface area contributed by atoms with Crippen molar-refractivity contribution in [1.82, 2.24) is 9.80 Å². The lowest BCUT2D eigenvalue weighted by atomic mass is 10.1. The Morgan fingerprint density at radius 2 is 1.92 bits per heavy atom. The third kappa shape index (κ3) is 3.26. The molecule has 0 aliphatic carbocycles. The van der Waals surface area contributed by atoms with Crippen LogP contribution in [0.3, 0.4) is 0 Å². The number of benzene rings is 1. The van der Waals surface area contributed by atoms with Gasteiger partial charge in [0.15, 0.2) is 5.76 Å². The fourth-order valence-corrected chi connectivity index (χ4v) is 2.89. The first-order valence-electron chi connectivity index (χ1n) is 7.83. The van der Waals surface area contributed by atoms with Crippen molar-refractivity contribution in [3.8, 4) is 11.8 Å². The van der Waals surface area contributed by atoms with Crippen LogP contribution in [0.15, 0.2) is 47.1 Å². The van der Waals surface area contributed by atoms with E-state index in [1.807, 2.05) is 24.3 Å². The van der Waals surface area contributed by atoms with Crippen LogP contribution in [-0.4, -0.2) is 49.0 Å². The molecule has 1 amide bonds. The molecule has 6 nitrogen and oxygen atoms in total. The van der Waals surface area contributed by atoms with E-state index in [2.05, 4.69) is 11.0 Å². The van der Waals surface area contributed by atoms with E-state index in [1.165, 1.54) is 6.26 Å². The normalized spacial score (nSPS) is 16.4. The fraction of sp³-hybridized carbons (Fsp3) is 0.333. The summed E-state index contributed by atoms with van der Waals surface area (Å²) in [5, 5.41) is 9.57. The zero-order valence-electron chi connectivity index (χ0n) is 13.5. The van der Waals surface area contributed by atoms with Gasteiger partial charge in [-0.2, -0.15) is 5.26 Å². The summed E-state index contributed by atoms with van der Waals surface area (Å²) in [4.78, 5) is 16.1. The second kappa shape index (κ2) is 7.20. The van der Waals surface area contributed by atoms with Crippen molar-refractivity contribution in [2.75, 3.05) is 33.3 Å². The van der Waals surface area contributed by atoms with Crippen LogP contribution in [-0.2, 0) is 0 Å². The number of piperazine rings is 1. The smallest absolute Gasteiger partial charge is 0.289 e. The van der Waals surface area contributed by atoms with Gasteiger partial charge in [-0.3, -0.25) is 9.69 Å². The Morgan fingerprint density at radius 1 is 1.21 bits per heavy atom. The minimum absolute atomic E-state index is 0.0994. The van der Waals surface area contributed by atoms with Crippen molar-refractivity contribution in [2.24, 2.45) is 0 Å². The molecule has 1 fully saturated rings. The summed E-state index contributed by atoms with van der Waals surface area (Å²) in [5.41, 5.74) is 0.934. The number of furan rings is 1. The van der Waals surface area contributed by atoms with Gasteiger partial charge in [0, 0.05) is 26.2 Å². The first kappa shape index (κ1) is 16.1. The van der Waals surface area contributed by atoms with Crippen LogP contribution >= 0.6 is 0 Å². The summed E-state index contributed by atoms with van der Waals surface area (Å²) in [7, 11) is 1.62. The Balaban J connectivity index is 1.64. The Labute approximate surface area is 140 Å². The lowest BCUT2D eigenvalue weighted by Gasteiger charge is -2.36. The largest absolute Gasteiger partial charge is 0.497 e. The third-order valence-electron chi connectivity index (χ3n) is 4.25. The van der Waals surface area contributed by atoms with Crippen molar-refractivity contribution in [3.05, 3.63) is 54.0 Å². The number of nitrogens with zero attached hydrogens (tertiary/aromatic N) is 3. The second-order valence-electron chi connectivity index (χ2n) is 5.61. The maximum Gasteiger partial charge on any atom is 0.289 e. The Hall–Kier alpha value is -2.78. The maximum absolute atomic E-state index is 12.3. The molecular weight excluding hydrogens is 306 g/mol. The van der Waals surface area contributed by atoms with E-state index in [9.17, 15) is 10.1 Å². The molecule has 1 saturated heterocycles. The van der Waals surface area contributed by atoms with Gasteiger partial charge in [-0.1, -0.05) is 12.1 Å². The average Bonchev–Trinajstić information content (AvgIpc) is 3.17. The first-order chi connectivity index (χ1) is 11.7. The van der Waals surface area contributed by atoms with Crippen LogP contribution in [0.5, 0.6) is 5.75 Å². The molecule has 1 aromatic carbocycles. The van der Waals surface area contributed by atoms with Crippen LogP contribution in [0.2, 0.25) is 0 Å². The summed E-state index contributed by atoms with van der Waals surface area (Å²) < 4.78 is 10.3. The lowest BCUT2D eigenvalue weighted by molar-refractivity contribution is 0.0576. The molecule has 0 N–H and O–H groups in total. The van der Waals surface area contributed by atoms with Gasteiger partial charge in [-0.05, 0) is 29.8 Å². The quantitative estimate of drug-likeness (QED) is 0.863. The zero-order chi connectivity index (χ0) is 16.9. The summed E-state index contributed by atoms with van der Waals surface area (Å²) in [6.07, 6.45) is 1.50. The number of nitriles is 1. The van der Waals surface area contributed by atoms with Crippen LogP contribution in [0.25, 0.3) is 0 Å². The van der Waals surface area contributed by atoms with Gasteiger partial charge in [-0.25, -0.2) is 0 Å². The number of hydrogen-bond acceptors (Lipinski definition) is 5. The van der Waals surface area contributed by atoms with Crippen LogP contribution in [0, 0.1) is 11.3 Å². The molecule has 124 valence electrons. The number of amides is 1. The SMILES string of the molecule is COc1ccc(C(C#N)N2CCN(C(=O)c3ccco3)CC2)cc1. The van der Waals surface area contributed by atoms with E-state index in [4.69, 9.17) is 9.15 Å². The van der Waals surface area contributed by atoms with Crippen molar-refractivity contribution in [1.29, 1.82) is 5.26 Å². The summed E-state index contributed by atoms with van der Waals surface area (Å²) in [6, 6.07) is 13.0. The number of hydrogen-bond donors (Lipinski definition) is 0. The molecule has 1 aliphatic rings. The van der Waals surface area contributed by atoms with Crippen LogP contribution in [0.4, 0.5) is 0 Å². The highest BCUT2D eigenvalue weighted by Crippen LogP contribution is 2.24. The molecule has 2 heterocycles. The summed E-state index contributed by atoms with van der Waals surface area (Å²) >= 11 is 0. The molecule has 2 aromatic rings. The molecule has 1 aliphatic heterocycles. The molecule has 0 bridgehead atoms. The van der Waals surface area contributed by atoms with E-state index < -0.39 is 0 Å². The minimum atomic E-state index is -0.322. The van der Waals surface area contributed by atoms with Gasteiger partial charge in [0.05, 0.1) is 19.4 Å². The summed E-state index contributed by atoms with van der Waals surface area (Å²) in [5.74, 6) is 1.03. The molecule has 0 saturated carbocycles. The molecular formula is C18H19N3O3. The highest BCUT2D eigenvalue weighted by molar-refractivity contribution is 5.91. The predicted octanol–water partition coefficient (Wildman–Crippen LogP) is 2.31. The zero-order valence-corrected chi connectivity index (χ0v) is 13.5. The molecule has 6 heteroatoms. The van der Waals surface area contributed by atoms with Crippen molar-refractivity contribution >= 4 is 5.91 Å². The summed E-state index contributed by atoms with van der Waals surface area (Å²) in [6.45, 7) is 2.45. The van der Waals surface area contributed by atoms with Crippen molar-refractivity contribution < 1.29 is 13.9 Å². The molecule has 3 rings (SSSR count). The molecule has 24 heavy (non-hydrogen) atoms. The average molecular weight is 325 g/mol. The maximum atomic E-state index is 12.3. The van der Waals surface area contributed by atoms with E-state index in [-0.39, 0.29) is 11.9 Å². The molecule has 1 aromatic heterocycles. The predicted molar refractivity (Wildman–Crippen MR) is 87.5 cm³/mol. The van der Waals surface area contributed by atoms with Crippen molar-refractivity contribution in [2.45, 2.75) is 6.04 Å². The highest BCUT2D eigenvalue weighted by Gasteiger charge is 2.28. The molecule has 1 atom stereocenters. The number of carbonyl (C=O) groups is 1. The van der Waals surface area contributed by atoms with Gasteiger partial charge >= 0.3 is 0 Å². The molecule has 1 unspecified atom stereocenters. The monoisotopic (exact) mass is 325 g/mol. The van der Waals surface area contributed by atoms with E-state index in [1.54, 1.807) is 24.1 Å². The van der Waals surface area contributed by atoms with E-state index in [0.717, 1.165) is 11.3 Å². The second-order valence-corrected chi connectivity index (χ2v) is 5.61. The van der Waals surface area contributed by atoms with Crippen molar-refractivity contribution in [3.63, 3.8) is 0 Å². The molecule has 0 radical (unpaired) electrons. The first-order valence-corrected chi connectivity index (χ1v) is 7.83. The van der Waals surface area contributed by atoms with Gasteiger partial charge < -0.3 is 14.1 Å². The topological polar surface area (TPSA) is 69.7 Å². The third-order valence-corrected chi connectivity index (χ3v) is 4.25. The number of rotatable bonds is 4.